The van der Waals surface area contributed by atoms with Crippen molar-refractivity contribution in [2.75, 3.05) is 25.5 Å². The third kappa shape index (κ3) is 4.78. The van der Waals surface area contributed by atoms with Gasteiger partial charge in [0, 0.05) is 19.8 Å². The van der Waals surface area contributed by atoms with Crippen LogP contribution in [-0.4, -0.2) is 39.4 Å². The molecule has 0 aliphatic heterocycles. The van der Waals surface area contributed by atoms with Gasteiger partial charge in [-0.3, -0.25) is 4.79 Å². The van der Waals surface area contributed by atoms with Crippen molar-refractivity contribution in [2.45, 2.75) is 18.7 Å². The SMILES string of the molecule is CNc1ncccc1S(=O)(=O)NCC(=O)NCC(C)C. The molecule has 0 aliphatic carbocycles. The van der Waals surface area contributed by atoms with E-state index in [2.05, 4.69) is 20.3 Å². The third-order valence-corrected chi connectivity index (χ3v) is 3.86. The second-order valence-electron chi connectivity index (χ2n) is 4.62. The number of rotatable bonds is 7. The van der Waals surface area contributed by atoms with Gasteiger partial charge in [-0.05, 0) is 18.1 Å². The molecule has 0 radical (unpaired) electrons. The van der Waals surface area contributed by atoms with Crippen molar-refractivity contribution in [2.24, 2.45) is 5.92 Å². The highest BCUT2D eigenvalue weighted by Crippen LogP contribution is 2.16. The Morgan fingerprint density at radius 3 is 2.70 bits per heavy atom. The molecule has 3 N–H and O–H groups in total. The Hall–Kier alpha value is -1.67. The molecule has 7 nitrogen and oxygen atoms in total. The first-order valence-electron chi connectivity index (χ1n) is 6.26. The van der Waals surface area contributed by atoms with E-state index in [1.54, 1.807) is 7.05 Å². The number of carbonyl (C=O) groups excluding carboxylic acids is 1. The lowest BCUT2D eigenvalue weighted by molar-refractivity contribution is -0.120. The Morgan fingerprint density at radius 2 is 2.10 bits per heavy atom. The predicted molar refractivity (Wildman–Crippen MR) is 76.8 cm³/mol. The first-order valence-corrected chi connectivity index (χ1v) is 7.74. The molecule has 0 atom stereocenters. The standard InChI is InChI=1S/C12H20N4O3S/c1-9(2)7-15-11(17)8-16-20(18,19)10-5-4-6-14-12(10)13-3/h4-6,9,16H,7-8H2,1-3H3,(H,13,14)(H,15,17). The number of pyridine rings is 1. The van der Waals surface area contributed by atoms with Gasteiger partial charge in [0.15, 0.2) is 0 Å². The van der Waals surface area contributed by atoms with E-state index in [-0.39, 0.29) is 23.2 Å². The minimum Gasteiger partial charge on any atom is -0.372 e. The van der Waals surface area contributed by atoms with Gasteiger partial charge in [-0.1, -0.05) is 13.8 Å². The van der Waals surface area contributed by atoms with Gasteiger partial charge in [0.25, 0.3) is 0 Å². The van der Waals surface area contributed by atoms with Crippen LogP contribution in [0.1, 0.15) is 13.8 Å². The highest BCUT2D eigenvalue weighted by atomic mass is 32.2. The van der Waals surface area contributed by atoms with E-state index in [0.29, 0.717) is 12.5 Å². The van der Waals surface area contributed by atoms with Gasteiger partial charge in [0.2, 0.25) is 15.9 Å². The number of anilines is 1. The van der Waals surface area contributed by atoms with Gasteiger partial charge in [-0.2, -0.15) is 0 Å². The van der Waals surface area contributed by atoms with E-state index >= 15 is 0 Å². The molecule has 0 aromatic carbocycles. The quantitative estimate of drug-likeness (QED) is 0.666. The molecule has 1 rings (SSSR count). The number of nitrogens with zero attached hydrogens (tertiary/aromatic N) is 1. The first-order chi connectivity index (χ1) is 9.36. The largest absolute Gasteiger partial charge is 0.372 e. The van der Waals surface area contributed by atoms with Gasteiger partial charge >= 0.3 is 0 Å². The summed E-state index contributed by atoms with van der Waals surface area (Å²) in [5.41, 5.74) is 0. The number of carbonyl (C=O) groups is 1. The van der Waals surface area contributed by atoms with Gasteiger partial charge in [-0.25, -0.2) is 18.1 Å². The predicted octanol–water partition coefficient (Wildman–Crippen LogP) is 0.174. The first kappa shape index (κ1) is 16.4. The number of aromatic nitrogens is 1. The lowest BCUT2D eigenvalue weighted by Crippen LogP contribution is -2.38. The molecule has 20 heavy (non-hydrogen) atoms. The summed E-state index contributed by atoms with van der Waals surface area (Å²) in [6.07, 6.45) is 1.49. The normalized spacial score (nSPS) is 11.4. The molecule has 112 valence electrons. The van der Waals surface area contributed by atoms with E-state index in [0.717, 1.165) is 0 Å². The fourth-order valence-electron chi connectivity index (χ4n) is 1.41. The molecule has 1 aromatic rings. The molecule has 0 fully saturated rings. The Kier molecular flexibility index (Phi) is 5.90. The minimum absolute atomic E-state index is 0.0131. The molecule has 1 heterocycles. The van der Waals surface area contributed by atoms with E-state index in [1.165, 1.54) is 18.3 Å². The Balaban J connectivity index is 2.69. The molecular weight excluding hydrogens is 280 g/mol. The molecule has 0 unspecified atom stereocenters. The van der Waals surface area contributed by atoms with Crippen LogP contribution in [0.3, 0.4) is 0 Å². The highest BCUT2D eigenvalue weighted by molar-refractivity contribution is 7.89. The second kappa shape index (κ2) is 7.20. The van der Waals surface area contributed by atoms with Crippen molar-refractivity contribution >= 4 is 21.7 Å². The van der Waals surface area contributed by atoms with Gasteiger partial charge in [0.05, 0.1) is 6.54 Å². The topological polar surface area (TPSA) is 100 Å². The maximum atomic E-state index is 12.1. The van der Waals surface area contributed by atoms with Crippen molar-refractivity contribution in [3.63, 3.8) is 0 Å². The summed E-state index contributed by atoms with van der Waals surface area (Å²) in [5, 5.41) is 5.34. The molecule has 1 amide bonds. The zero-order valence-electron chi connectivity index (χ0n) is 11.8. The van der Waals surface area contributed by atoms with E-state index in [4.69, 9.17) is 0 Å². The Labute approximate surface area is 119 Å². The molecule has 8 heteroatoms. The van der Waals surface area contributed by atoms with Crippen molar-refractivity contribution < 1.29 is 13.2 Å². The maximum absolute atomic E-state index is 12.1. The van der Waals surface area contributed by atoms with Crippen molar-refractivity contribution in [1.82, 2.24) is 15.0 Å². The summed E-state index contributed by atoms with van der Waals surface area (Å²) in [6, 6.07) is 2.95. The van der Waals surface area contributed by atoms with Crippen LogP contribution in [0.5, 0.6) is 0 Å². The average Bonchev–Trinajstić information content (AvgIpc) is 2.43. The smallest absolute Gasteiger partial charge is 0.244 e. The van der Waals surface area contributed by atoms with Crippen LogP contribution in [0.25, 0.3) is 0 Å². The molecule has 0 saturated heterocycles. The average molecular weight is 300 g/mol. The molecule has 0 spiro atoms. The molecule has 0 bridgehead atoms. The number of hydrogen-bond acceptors (Lipinski definition) is 5. The zero-order valence-corrected chi connectivity index (χ0v) is 12.6. The molecule has 0 saturated carbocycles. The Morgan fingerprint density at radius 1 is 1.40 bits per heavy atom. The summed E-state index contributed by atoms with van der Waals surface area (Å²) in [5.74, 6) is 0.185. The minimum atomic E-state index is -3.77. The maximum Gasteiger partial charge on any atom is 0.244 e. The highest BCUT2D eigenvalue weighted by Gasteiger charge is 2.19. The monoisotopic (exact) mass is 300 g/mol. The number of hydrogen-bond donors (Lipinski definition) is 3. The number of amides is 1. The fraction of sp³-hybridized carbons (Fsp3) is 0.500. The van der Waals surface area contributed by atoms with Crippen molar-refractivity contribution in [3.8, 4) is 0 Å². The van der Waals surface area contributed by atoms with E-state index in [9.17, 15) is 13.2 Å². The van der Waals surface area contributed by atoms with Crippen LogP contribution in [0.15, 0.2) is 23.2 Å². The molecular formula is C12H20N4O3S. The third-order valence-electron chi connectivity index (χ3n) is 2.43. The summed E-state index contributed by atoms with van der Waals surface area (Å²) < 4.78 is 26.4. The Bertz CT molecular complexity index is 558. The zero-order chi connectivity index (χ0) is 15.2. The summed E-state index contributed by atoms with van der Waals surface area (Å²) >= 11 is 0. The van der Waals surface area contributed by atoms with Gasteiger partial charge in [0.1, 0.15) is 10.7 Å². The van der Waals surface area contributed by atoms with Crippen LogP contribution >= 0.6 is 0 Å². The van der Waals surface area contributed by atoms with Crippen molar-refractivity contribution in [3.05, 3.63) is 18.3 Å². The fourth-order valence-corrected chi connectivity index (χ4v) is 2.56. The number of sulfonamides is 1. The second-order valence-corrected chi connectivity index (χ2v) is 6.36. The summed E-state index contributed by atoms with van der Waals surface area (Å²) in [4.78, 5) is 15.4. The summed E-state index contributed by atoms with van der Waals surface area (Å²) in [7, 11) is -2.19. The lowest BCUT2D eigenvalue weighted by atomic mass is 10.2. The molecule has 1 aromatic heterocycles. The van der Waals surface area contributed by atoms with Gasteiger partial charge in [-0.15, -0.1) is 0 Å². The van der Waals surface area contributed by atoms with Gasteiger partial charge < -0.3 is 10.6 Å². The lowest BCUT2D eigenvalue weighted by Gasteiger charge is -2.11. The van der Waals surface area contributed by atoms with Crippen LogP contribution in [0.4, 0.5) is 5.82 Å². The van der Waals surface area contributed by atoms with Crippen LogP contribution in [-0.2, 0) is 14.8 Å². The van der Waals surface area contributed by atoms with Crippen LogP contribution in [0.2, 0.25) is 0 Å². The van der Waals surface area contributed by atoms with E-state index in [1.807, 2.05) is 13.8 Å². The van der Waals surface area contributed by atoms with E-state index < -0.39 is 10.0 Å². The van der Waals surface area contributed by atoms with Crippen molar-refractivity contribution in [1.29, 1.82) is 0 Å². The van der Waals surface area contributed by atoms with Crippen LogP contribution < -0.4 is 15.4 Å². The summed E-state index contributed by atoms with van der Waals surface area (Å²) in [6.45, 7) is 4.13. The molecule has 0 aliphatic rings. The number of nitrogens with one attached hydrogen (secondary N) is 3. The van der Waals surface area contributed by atoms with Crippen LogP contribution in [0, 0.1) is 5.92 Å².